The molecular weight excluding hydrogens is 414 g/mol. The molecule has 0 aliphatic carbocycles. The lowest BCUT2D eigenvalue weighted by Gasteiger charge is -2.28. The van der Waals surface area contributed by atoms with E-state index in [4.69, 9.17) is 0 Å². The zero-order chi connectivity index (χ0) is 21.8. The number of nitrogens with zero attached hydrogens (tertiary/aromatic N) is 2. The van der Waals surface area contributed by atoms with E-state index in [1.165, 1.54) is 4.31 Å². The molecule has 0 aromatic heterocycles. The van der Waals surface area contributed by atoms with Gasteiger partial charge < -0.3 is 10.2 Å². The van der Waals surface area contributed by atoms with Gasteiger partial charge in [-0.25, -0.2) is 8.42 Å². The van der Waals surface area contributed by atoms with Gasteiger partial charge in [0, 0.05) is 25.2 Å². The molecule has 2 saturated heterocycles. The number of hydrogen-bond donors (Lipinski definition) is 1. The van der Waals surface area contributed by atoms with Crippen LogP contribution in [0.5, 0.6) is 0 Å². The molecule has 164 valence electrons. The Hall–Kier alpha value is -2.87. The maximum absolute atomic E-state index is 12.9. The third-order valence-corrected chi connectivity index (χ3v) is 7.69. The lowest BCUT2D eigenvalue weighted by atomic mass is 10.1. The molecule has 2 aliphatic rings. The van der Waals surface area contributed by atoms with E-state index in [9.17, 15) is 18.0 Å². The molecule has 0 radical (unpaired) electrons. The number of amides is 2. The van der Waals surface area contributed by atoms with E-state index in [-0.39, 0.29) is 17.6 Å². The number of para-hydroxylation sites is 1. The van der Waals surface area contributed by atoms with E-state index in [2.05, 4.69) is 5.32 Å². The maximum Gasteiger partial charge on any atom is 0.255 e. The van der Waals surface area contributed by atoms with Crippen LogP contribution < -0.4 is 9.62 Å². The lowest BCUT2D eigenvalue weighted by Crippen LogP contribution is -2.37. The molecular formula is C23H27N3O4S. The molecule has 31 heavy (non-hydrogen) atoms. The second kappa shape index (κ2) is 9.09. The molecule has 2 heterocycles. The van der Waals surface area contributed by atoms with Gasteiger partial charge in [-0.05, 0) is 68.5 Å². The maximum atomic E-state index is 12.9. The van der Waals surface area contributed by atoms with Crippen molar-refractivity contribution in [2.24, 2.45) is 0 Å². The number of rotatable bonds is 4. The quantitative estimate of drug-likeness (QED) is 0.787. The van der Waals surface area contributed by atoms with Crippen LogP contribution >= 0.6 is 0 Å². The molecule has 0 unspecified atom stereocenters. The number of piperidine rings is 1. The van der Waals surface area contributed by atoms with Crippen molar-refractivity contribution in [1.82, 2.24) is 4.90 Å². The summed E-state index contributed by atoms with van der Waals surface area (Å²) >= 11 is 0. The van der Waals surface area contributed by atoms with E-state index in [1.807, 2.05) is 4.90 Å². The summed E-state index contributed by atoms with van der Waals surface area (Å²) in [6.45, 7) is 1.93. The van der Waals surface area contributed by atoms with Crippen LogP contribution in [0.2, 0.25) is 0 Å². The number of benzene rings is 2. The average Bonchev–Trinajstić information content (AvgIpc) is 2.79. The number of anilines is 2. The Morgan fingerprint density at radius 3 is 2.19 bits per heavy atom. The van der Waals surface area contributed by atoms with Crippen molar-refractivity contribution >= 4 is 33.2 Å². The predicted octanol–water partition coefficient (Wildman–Crippen LogP) is 3.50. The van der Waals surface area contributed by atoms with Crippen molar-refractivity contribution in [3.63, 3.8) is 0 Å². The van der Waals surface area contributed by atoms with Gasteiger partial charge in [0.15, 0.2) is 0 Å². The van der Waals surface area contributed by atoms with Gasteiger partial charge >= 0.3 is 0 Å². The summed E-state index contributed by atoms with van der Waals surface area (Å²) in [6.07, 6.45) is 4.63. The number of nitrogens with one attached hydrogen (secondary N) is 1. The minimum Gasteiger partial charge on any atom is -0.339 e. The van der Waals surface area contributed by atoms with Crippen molar-refractivity contribution in [1.29, 1.82) is 0 Å². The molecule has 2 amide bonds. The van der Waals surface area contributed by atoms with Crippen LogP contribution in [0.1, 0.15) is 52.8 Å². The highest BCUT2D eigenvalue weighted by Gasteiger charge is 2.26. The molecule has 4 rings (SSSR count). The lowest BCUT2D eigenvalue weighted by molar-refractivity contribution is 0.0725. The fourth-order valence-corrected chi connectivity index (χ4v) is 5.74. The number of likely N-dealkylation sites (tertiary alicyclic amines) is 1. The molecule has 2 aliphatic heterocycles. The molecule has 1 N–H and O–H groups in total. The summed E-state index contributed by atoms with van der Waals surface area (Å²) in [5, 5.41) is 2.84. The van der Waals surface area contributed by atoms with Gasteiger partial charge in [-0.2, -0.15) is 0 Å². The summed E-state index contributed by atoms with van der Waals surface area (Å²) in [4.78, 5) is 27.6. The van der Waals surface area contributed by atoms with Crippen LogP contribution in [0.3, 0.4) is 0 Å². The first-order chi connectivity index (χ1) is 15.0. The van der Waals surface area contributed by atoms with Crippen molar-refractivity contribution in [2.75, 3.05) is 35.0 Å². The van der Waals surface area contributed by atoms with Gasteiger partial charge in [0.1, 0.15) is 0 Å². The van der Waals surface area contributed by atoms with Crippen LogP contribution in [0.15, 0.2) is 48.5 Å². The largest absolute Gasteiger partial charge is 0.339 e. The van der Waals surface area contributed by atoms with E-state index in [0.717, 1.165) is 38.8 Å². The molecule has 7 nitrogen and oxygen atoms in total. The summed E-state index contributed by atoms with van der Waals surface area (Å²) in [5.41, 5.74) is 1.93. The van der Waals surface area contributed by atoms with E-state index in [0.29, 0.717) is 35.5 Å². The fourth-order valence-electron chi connectivity index (χ4n) is 4.10. The summed E-state index contributed by atoms with van der Waals surface area (Å²) < 4.78 is 26.0. The highest BCUT2D eigenvalue weighted by Crippen LogP contribution is 2.25. The predicted molar refractivity (Wildman–Crippen MR) is 121 cm³/mol. The molecule has 2 aromatic carbocycles. The smallest absolute Gasteiger partial charge is 0.255 e. The summed E-state index contributed by atoms with van der Waals surface area (Å²) in [7, 11) is -3.29. The van der Waals surface area contributed by atoms with Gasteiger partial charge in [-0.15, -0.1) is 0 Å². The van der Waals surface area contributed by atoms with Crippen LogP contribution in [-0.2, 0) is 10.0 Å². The van der Waals surface area contributed by atoms with Crippen molar-refractivity contribution in [3.05, 3.63) is 59.7 Å². The fraction of sp³-hybridized carbons (Fsp3) is 0.391. The van der Waals surface area contributed by atoms with Crippen LogP contribution in [-0.4, -0.2) is 50.5 Å². The SMILES string of the molecule is O=C(Nc1ccccc1C(=O)N1CCCCC1)c1ccc(N2CCCCS2(=O)=O)cc1. The van der Waals surface area contributed by atoms with Crippen LogP contribution in [0.4, 0.5) is 11.4 Å². The first kappa shape index (κ1) is 21.4. The van der Waals surface area contributed by atoms with Crippen LogP contribution in [0, 0.1) is 0 Å². The highest BCUT2D eigenvalue weighted by atomic mass is 32.2. The molecule has 0 spiro atoms. The summed E-state index contributed by atoms with van der Waals surface area (Å²) in [5.74, 6) is -0.259. The zero-order valence-electron chi connectivity index (χ0n) is 17.4. The number of sulfonamides is 1. The van der Waals surface area contributed by atoms with E-state index in [1.54, 1.807) is 48.5 Å². The second-order valence-electron chi connectivity index (χ2n) is 7.99. The van der Waals surface area contributed by atoms with Crippen molar-refractivity contribution in [2.45, 2.75) is 32.1 Å². The molecule has 0 bridgehead atoms. The van der Waals surface area contributed by atoms with Gasteiger partial charge in [-0.3, -0.25) is 13.9 Å². The minimum absolute atomic E-state index is 0.0683. The molecule has 2 fully saturated rings. The third kappa shape index (κ3) is 4.74. The zero-order valence-corrected chi connectivity index (χ0v) is 18.2. The number of carbonyl (C=O) groups excluding carboxylic acids is 2. The first-order valence-electron chi connectivity index (χ1n) is 10.8. The Morgan fingerprint density at radius 1 is 0.806 bits per heavy atom. The Balaban J connectivity index is 1.49. The normalized spacial score (nSPS) is 18.5. The molecule has 2 aromatic rings. The van der Waals surface area contributed by atoms with E-state index < -0.39 is 10.0 Å². The summed E-state index contributed by atoms with van der Waals surface area (Å²) in [6, 6.07) is 13.6. The van der Waals surface area contributed by atoms with Crippen LogP contribution in [0.25, 0.3) is 0 Å². The third-order valence-electron chi connectivity index (χ3n) is 5.82. The Morgan fingerprint density at radius 2 is 1.48 bits per heavy atom. The Labute approximate surface area is 183 Å². The standard InChI is InChI=1S/C23H27N3O4S/c27-22(18-10-12-19(13-11-18)26-16-6-7-17-31(26,29)30)24-21-9-3-2-8-20(21)23(28)25-14-4-1-5-15-25/h2-3,8-13H,1,4-7,14-17H2,(H,24,27). The number of carbonyl (C=O) groups is 2. The van der Waals surface area contributed by atoms with Crippen molar-refractivity contribution in [3.8, 4) is 0 Å². The van der Waals surface area contributed by atoms with Gasteiger partial charge in [0.25, 0.3) is 11.8 Å². The molecule has 8 heteroatoms. The molecule has 0 atom stereocenters. The Bertz CT molecular complexity index is 1060. The van der Waals surface area contributed by atoms with Gasteiger partial charge in [0.2, 0.25) is 10.0 Å². The molecule has 0 saturated carbocycles. The minimum atomic E-state index is -3.29. The van der Waals surface area contributed by atoms with E-state index >= 15 is 0 Å². The monoisotopic (exact) mass is 441 g/mol. The first-order valence-corrected chi connectivity index (χ1v) is 12.4. The second-order valence-corrected chi connectivity index (χ2v) is 10.0. The average molecular weight is 442 g/mol. The van der Waals surface area contributed by atoms with Crippen molar-refractivity contribution < 1.29 is 18.0 Å². The topological polar surface area (TPSA) is 86.8 Å². The van der Waals surface area contributed by atoms with Gasteiger partial charge in [0.05, 0.1) is 22.7 Å². The highest BCUT2D eigenvalue weighted by molar-refractivity contribution is 7.92. The Kier molecular flexibility index (Phi) is 6.27. The number of hydrogen-bond acceptors (Lipinski definition) is 4. The van der Waals surface area contributed by atoms with Gasteiger partial charge in [-0.1, -0.05) is 12.1 Å².